The Labute approximate surface area is 136 Å². The molecule has 0 aliphatic heterocycles. The smallest absolute Gasteiger partial charge is 0.0613 e. The molecule has 0 saturated carbocycles. The van der Waals surface area contributed by atoms with Crippen LogP contribution in [0.4, 0.5) is 0 Å². The zero-order valence-corrected chi connectivity index (χ0v) is 13.5. The third kappa shape index (κ3) is 1.86. The number of aryl methyl sites for hydroxylation is 2. The topological polar surface area (TPSA) is 4.41 Å². The van der Waals surface area contributed by atoms with Crippen molar-refractivity contribution in [1.82, 2.24) is 4.40 Å². The first-order chi connectivity index (χ1) is 11.2. The molecule has 2 aromatic heterocycles. The molecule has 0 bridgehead atoms. The van der Waals surface area contributed by atoms with Crippen molar-refractivity contribution in [1.29, 1.82) is 0 Å². The fourth-order valence-corrected chi connectivity index (χ4v) is 3.71. The Morgan fingerprint density at radius 3 is 2.00 bits per heavy atom. The SMILES string of the molecule is C=C/C=C\c1c(C)n2c(C)c3ccccc3c2c2ccccc12. The van der Waals surface area contributed by atoms with Crippen molar-refractivity contribution in [2.24, 2.45) is 0 Å². The minimum absolute atomic E-state index is 1.26. The first kappa shape index (κ1) is 13.8. The van der Waals surface area contributed by atoms with E-state index in [9.17, 15) is 0 Å². The third-order valence-corrected chi connectivity index (χ3v) is 4.73. The summed E-state index contributed by atoms with van der Waals surface area (Å²) in [5.41, 5.74) is 5.14. The van der Waals surface area contributed by atoms with Crippen LogP contribution >= 0.6 is 0 Å². The maximum absolute atomic E-state index is 3.81. The summed E-state index contributed by atoms with van der Waals surface area (Å²) >= 11 is 0. The molecule has 0 radical (unpaired) electrons. The van der Waals surface area contributed by atoms with Crippen LogP contribution in [-0.4, -0.2) is 4.40 Å². The van der Waals surface area contributed by atoms with Gasteiger partial charge >= 0.3 is 0 Å². The highest BCUT2D eigenvalue weighted by atomic mass is 14.9. The molecule has 0 saturated heterocycles. The zero-order valence-electron chi connectivity index (χ0n) is 13.5. The van der Waals surface area contributed by atoms with Crippen LogP contribution in [-0.2, 0) is 0 Å². The fraction of sp³-hybridized carbons (Fsp3) is 0.0909. The van der Waals surface area contributed by atoms with E-state index in [1.807, 2.05) is 12.2 Å². The quantitative estimate of drug-likeness (QED) is 0.396. The lowest BCUT2D eigenvalue weighted by molar-refractivity contribution is 1.05. The first-order valence-electron chi connectivity index (χ1n) is 7.94. The molecule has 0 unspecified atom stereocenters. The van der Waals surface area contributed by atoms with Crippen LogP contribution in [0, 0.1) is 13.8 Å². The van der Waals surface area contributed by atoms with E-state index in [0.717, 1.165) is 0 Å². The van der Waals surface area contributed by atoms with Gasteiger partial charge in [-0.05, 0) is 19.2 Å². The van der Waals surface area contributed by atoms with E-state index in [1.54, 1.807) is 0 Å². The van der Waals surface area contributed by atoms with Gasteiger partial charge in [-0.3, -0.25) is 0 Å². The van der Waals surface area contributed by atoms with Gasteiger partial charge in [0.25, 0.3) is 0 Å². The largest absolute Gasteiger partial charge is 0.316 e. The monoisotopic (exact) mass is 297 g/mol. The van der Waals surface area contributed by atoms with Gasteiger partial charge in [0, 0.05) is 33.1 Å². The second-order valence-corrected chi connectivity index (χ2v) is 5.95. The van der Waals surface area contributed by atoms with E-state index in [2.05, 4.69) is 79.4 Å². The predicted octanol–water partition coefficient (Wildman–Crippen LogP) is 6.06. The van der Waals surface area contributed by atoms with E-state index >= 15 is 0 Å². The molecule has 1 heteroatoms. The molecule has 4 aromatic rings. The minimum Gasteiger partial charge on any atom is -0.316 e. The maximum atomic E-state index is 3.81. The fourth-order valence-electron chi connectivity index (χ4n) is 3.71. The first-order valence-corrected chi connectivity index (χ1v) is 7.94. The lowest BCUT2D eigenvalue weighted by atomic mass is 10.0. The normalized spacial score (nSPS) is 11.9. The molecule has 0 aliphatic rings. The van der Waals surface area contributed by atoms with Crippen molar-refractivity contribution in [3.05, 3.63) is 84.2 Å². The third-order valence-electron chi connectivity index (χ3n) is 4.73. The van der Waals surface area contributed by atoms with Crippen LogP contribution in [0.3, 0.4) is 0 Å². The summed E-state index contributed by atoms with van der Waals surface area (Å²) in [6.45, 7) is 8.22. The summed E-state index contributed by atoms with van der Waals surface area (Å²) in [6.07, 6.45) is 6.00. The van der Waals surface area contributed by atoms with Gasteiger partial charge in [0.1, 0.15) is 0 Å². The second-order valence-electron chi connectivity index (χ2n) is 5.95. The molecular formula is C22H19N. The van der Waals surface area contributed by atoms with Gasteiger partial charge in [0.05, 0.1) is 5.52 Å². The second kappa shape index (κ2) is 5.13. The van der Waals surface area contributed by atoms with E-state index in [4.69, 9.17) is 0 Å². The lowest BCUT2D eigenvalue weighted by Gasteiger charge is -2.13. The lowest BCUT2D eigenvalue weighted by Crippen LogP contribution is -1.98. The van der Waals surface area contributed by atoms with E-state index in [1.165, 1.54) is 44.0 Å². The number of allylic oxidation sites excluding steroid dienone is 2. The summed E-state index contributed by atoms with van der Waals surface area (Å²) in [4.78, 5) is 0. The number of benzene rings is 2. The van der Waals surface area contributed by atoms with Gasteiger partial charge in [-0.1, -0.05) is 73.3 Å². The van der Waals surface area contributed by atoms with Crippen molar-refractivity contribution in [3.8, 4) is 0 Å². The number of aromatic nitrogens is 1. The molecule has 0 atom stereocenters. The number of hydrogen-bond donors (Lipinski definition) is 0. The van der Waals surface area contributed by atoms with Crippen LogP contribution in [0.1, 0.15) is 17.0 Å². The van der Waals surface area contributed by atoms with Gasteiger partial charge in [-0.2, -0.15) is 0 Å². The Bertz CT molecular complexity index is 1090. The number of rotatable bonds is 2. The highest BCUT2D eigenvalue weighted by molar-refractivity contribution is 6.14. The molecule has 1 nitrogen and oxygen atoms in total. The number of fused-ring (bicyclic) bond motifs is 5. The summed E-state index contributed by atoms with van der Waals surface area (Å²) < 4.78 is 2.40. The van der Waals surface area contributed by atoms with E-state index < -0.39 is 0 Å². The molecule has 0 fully saturated rings. The van der Waals surface area contributed by atoms with Crippen LogP contribution < -0.4 is 0 Å². The average molecular weight is 297 g/mol. The molecule has 112 valence electrons. The Balaban J connectivity index is 2.35. The minimum atomic E-state index is 1.26. The Morgan fingerprint density at radius 2 is 1.35 bits per heavy atom. The maximum Gasteiger partial charge on any atom is 0.0613 e. The highest BCUT2D eigenvalue weighted by Crippen LogP contribution is 2.35. The number of nitrogens with zero attached hydrogens (tertiary/aromatic N) is 1. The van der Waals surface area contributed by atoms with E-state index in [0.29, 0.717) is 0 Å². The van der Waals surface area contributed by atoms with Gasteiger partial charge in [-0.15, -0.1) is 0 Å². The molecule has 0 N–H and O–H groups in total. The molecule has 2 heterocycles. The van der Waals surface area contributed by atoms with Crippen molar-refractivity contribution in [3.63, 3.8) is 0 Å². The summed E-state index contributed by atoms with van der Waals surface area (Å²) in [6, 6.07) is 17.3. The standard InChI is InChI=1S/C22H19N/c1-4-5-10-17-15(2)23-16(3)18-11-6-8-13-20(18)22(23)21-14-9-7-12-19(17)21/h4-14H,1H2,2-3H3/b10-5-. The summed E-state index contributed by atoms with van der Waals surface area (Å²) in [5.74, 6) is 0. The highest BCUT2D eigenvalue weighted by Gasteiger charge is 2.15. The van der Waals surface area contributed by atoms with Gasteiger partial charge in [0.2, 0.25) is 0 Å². The van der Waals surface area contributed by atoms with Gasteiger partial charge in [0.15, 0.2) is 0 Å². The molecule has 4 rings (SSSR count). The zero-order chi connectivity index (χ0) is 16.0. The molecule has 0 spiro atoms. The van der Waals surface area contributed by atoms with Crippen LogP contribution in [0.5, 0.6) is 0 Å². The molecular weight excluding hydrogens is 278 g/mol. The summed E-state index contributed by atoms with van der Waals surface area (Å²) in [5, 5.41) is 5.24. The van der Waals surface area contributed by atoms with Crippen molar-refractivity contribution >= 4 is 33.1 Å². The van der Waals surface area contributed by atoms with Crippen LogP contribution in [0.15, 0.2) is 67.3 Å². The molecule has 23 heavy (non-hydrogen) atoms. The van der Waals surface area contributed by atoms with Crippen molar-refractivity contribution in [2.75, 3.05) is 0 Å². The average Bonchev–Trinajstić information content (AvgIpc) is 2.89. The molecule has 0 aliphatic carbocycles. The number of hydrogen-bond acceptors (Lipinski definition) is 0. The van der Waals surface area contributed by atoms with Gasteiger partial charge in [-0.25, -0.2) is 0 Å². The van der Waals surface area contributed by atoms with E-state index in [-0.39, 0.29) is 0 Å². The van der Waals surface area contributed by atoms with Crippen molar-refractivity contribution in [2.45, 2.75) is 13.8 Å². The Kier molecular flexibility index (Phi) is 3.09. The van der Waals surface area contributed by atoms with Crippen LogP contribution in [0.2, 0.25) is 0 Å². The Morgan fingerprint density at radius 1 is 0.783 bits per heavy atom. The summed E-state index contributed by atoms with van der Waals surface area (Å²) in [7, 11) is 0. The molecule has 2 aromatic carbocycles. The van der Waals surface area contributed by atoms with Crippen molar-refractivity contribution < 1.29 is 0 Å². The predicted molar refractivity (Wildman–Crippen MR) is 101 cm³/mol. The number of pyridine rings is 1. The Hall–Kier alpha value is -2.80. The van der Waals surface area contributed by atoms with Crippen LogP contribution in [0.25, 0.3) is 33.1 Å². The molecule has 0 amide bonds. The van der Waals surface area contributed by atoms with Gasteiger partial charge < -0.3 is 4.40 Å².